The van der Waals surface area contributed by atoms with Crippen LogP contribution in [0.25, 0.3) is 22.4 Å². The Hall–Kier alpha value is -3.13. The standard InChI is InChI=1S/C24H22N2/c1-18-7-9-19(10-8-18)11-16-24-25-17-23(26-24)22-14-12-21(13-15-22)20-5-3-2-4-6-20/h2-10,12-15,17H,11,16H2,1H3,(H,25,26). The van der Waals surface area contributed by atoms with E-state index < -0.39 is 0 Å². The van der Waals surface area contributed by atoms with Crippen LogP contribution in [0.1, 0.15) is 17.0 Å². The molecule has 0 aliphatic heterocycles. The van der Waals surface area contributed by atoms with Gasteiger partial charge in [-0.15, -0.1) is 0 Å². The molecule has 3 aromatic carbocycles. The molecule has 26 heavy (non-hydrogen) atoms. The molecule has 4 aromatic rings. The summed E-state index contributed by atoms with van der Waals surface area (Å²) in [6, 6.07) is 27.8. The molecular formula is C24H22N2. The molecule has 2 nitrogen and oxygen atoms in total. The van der Waals surface area contributed by atoms with E-state index in [9.17, 15) is 0 Å². The molecule has 0 saturated carbocycles. The lowest BCUT2D eigenvalue weighted by atomic mass is 10.0. The Kier molecular flexibility index (Phi) is 4.65. The number of rotatable bonds is 5. The van der Waals surface area contributed by atoms with Crippen LogP contribution in [0.4, 0.5) is 0 Å². The zero-order chi connectivity index (χ0) is 17.8. The highest BCUT2D eigenvalue weighted by Gasteiger charge is 2.05. The maximum Gasteiger partial charge on any atom is 0.107 e. The molecule has 0 spiro atoms. The monoisotopic (exact) mass is 338 g/mol. The van der Waals surface area contributed by atoms with Crippen LogP contribution in [0, 0.1) is 6.92 Å². The Morgan fingerprint density at radius 3 is 2.08 bits per heavy atom. The van der Waals surface area contributed by atoms with Crippen LogP contribution >= 0.6 is 0 Å². The molecule has 0 fully saturated rings. The van der Waals surface area contributed by atoms with Crippen LogP contribution in [-0.2, 0) is 12.8 Å². The Bertz CT molecular complexity index is 965. The van der Waals surface area contributed by atoms with Crippen LogP contribution in [0.5, 0.6) is 0 Å². The van der Waals surface area contributed by atoms with Gasteiger partial charge < -0.3 is 4.98 Å². The van der Waals surface area contributed by atoms with Crippen LogP contribution in [0.3, 0.4) is 0 Å². The van der Waals surface area contributed by atoms with Gasteiger partial charge in [-0.05, 0) is 30.0 Å². The van der Waals surface area contributed by atoms with Gasteiger partial charge in [0, 0.05) is 18.2 Å². The van der Waals surface area contributed by atoms with Crippen molar-refractivity contribution in [2.75, 3.05) is 0 Å². The number of benzene rings is 3. The van der Waals surface area contributed by atoms with E-state index >= 15 is 0 Å². The zero-order valence-corrected chi connectivity index (χ0v) is 14.9. The maximum atomic E-state index is 4.76. The van der Waals surface area contributed by atoms with Gasteiger partial charge in [0.15, 0.2) is 0 Å². The predicted molar refractivity (Wildman–Crippen MR) is 108 cm³/mol. The Balaban J connectivity index is 1.45. The SMILES string of the molecule is Cc1ccc(CCc2nc(-c3ccc(-c4ccccc4)cc3)c[nH]2)cc1. The fourth-order valence-corrected chi connectivity index (χ4v) is 3.12. The third-order valence-corrected chi connectivity index (χ3v) is 4.69. The van der Waals surface area contributed by atoms with Gasteiger partial charge >= 0.3 is 0 Å². The molecule has 1 aromatic heterocycles. The van der Waals surface area contributed by atoms with Crippen molar-refractivity contribution >= 4 is 0 Å². The van der Waals surface area contributed by atoms with E-state index in [2.05, 4.69) is 84.7 Å². The largest absolute Gasteiger partial charge is 0.348 e. The molecule has 0 atom stereocenters. The quantitative estimate of drug-likeness (QED) is 0.487. The van der Waals surface area contributed by atoms with E-state index in [4.69, 9.17) is 4.98 Å². The Labute approximate surface area is 154 Å². The molecule has 0 amide bonds. The van der Waals surface area contributed by atoms with Crippen molar-refractivity contribution in [2.45, 2.75) is 19.8 Å². The smallest absolute Gasteiger partial charge is 0.107 e. The second-order valence-corrected chi connectivity index (χ2v) is 6.66. The van der Waals surface area contributed by atoms with E-state index in [0.29, 0.717) is 0 Å². The molecule has 128 valence electrons. The van der Waals surface area contributed by atoms with Gasteiger partial charge in [-0.25, -0.2) is 4.98 Å². The number of hydrogen-bond donors (Lipinski definition) is 1. The average molecular weight is 338 g/mol. The fourth-order valence-electron chi connectivity index (χ4n) is 3.12. The second-order valence-electron chi connectivity index (χ2n) is 6.66. The van der Waals surface area contributed by atoms with Gasteiger partial charge in [-0.2, -0.15) is 0 Å². The molecule has 0 radical (unpaired) electrons. The van der Waals surface area contributed by atoms with E-state index in [1.807, 2.05) is 12.3 Å². The first-order valence-corrected chi connectivity index (χ1v) is 9.04. The number of hydrogen-bond acceptors (Lipinski definition) is 1. The summed E-state index contributed by atoms with van der Waals surface area (Å²) in [4.78, 5) is 8.08. The highest BCUT2D eigenvalue weighted by atomic mass is 14.9. The summed E-state index contributed by atoms with van der Waals surface area (Å²) in [6.07, 6.45) is 3.92. The number of nitrogens with one attached hydrogen (secondary N) is 1. The summed E-state index contributed by atoms with van der Waals surface area (Å²) >= 11 is 0. The Morgan fingerprint density at radius 2 is 1.35 bits per heavy atom. The van der Waals surface area contributed by atoms with E-state index in [1.165, 1.54) is 22.3 Å². The minimum atomic E-state index is 0.922. The van der Waals surface area contributed by atoms with Gasteiger partial charge in [0.2, 0.25) is 0 Å². The first kappa shape index (κ1) is 16.3. The molecule has 1 N–H and O–H groups in total. The summed E-state index contributed by atoms with van der Waals surface area (Å²) in [7, 11) is 0. The first-order chi connectivity index (χ1) is 12.8. The van der Waals surface area contributed by atoms with Crippen molar-refractivity contribution in [1.29, 1.82) is 0 Å². The van der Waals surface area contributed by atoms with E-state index in [0.717, 1.165) is 29.9 Å². The maximum absolute atomic E-state index is 4.76. The second kappa shape index (κ2) is 7.40. The lowest BCUT2D eigenvalue weighted by molar-refractivity contribution is 0.884. The Morgan fingerprint density at radius 1 is 0.692 bits per heavy atom. The van der Waals surface area contributed by atoms with Crippen molar-refractivity contribution < 1.29 is 0 Å². The molecule has 0 saturated heterocycles. The normalized spacial score (nSPS) is 10.8. The minimum Gasteiger partial charge on any atom is -0.348 e. The summed E-state index contributed by atoms with van der Waals surface area (Å²) in [5.41, 5.74) is 7.25. The third-order valence-electron chi connectivity index (χ3n) is 4.69. The molecule has 0 bridgehead atoms. The van der Waals surface area contributed by atoms with Gasteiger partial charge in [0.1, 0.15) is 5.82 Å². The van der Waals surface area contributed by atoms with Crippen LogP contribution in [0.15, 0.2) is 85.1 Å². The lowest BCUT2D eigenvalue weighted by Crippen LogP contribution is -1.93. The molecule has 0 unspecified atom stereocenters. The first-order valence-electron chi connectivity index (χ1n) is 9.04. The summed E-state index contributed by atoms with van der Waals surface area (Å²) < 4.78 is 0. The van der Waals surface area contributed by atoms with E-state index in [1.54, 1.807) is 0 Å². The van der Waals surface area contributed by atoms with Crippen molar-refractivity contribution in [1.82, 2.24) is 9.97 Å². The van der Waals surface area contributed by atoms with Crippen LogP contribution in [0.2, 0.25) is 0 Å². The molecule has 1 heterocycles. The third kappa shape index (κ3) is 3.75. The molecule has 4 rings (SSSR count). The predicted octanol–water partition coefficient (Wildman–Crippen LogP) is 5.84. The minimum absolute atomic E-state index is 0.922. The van der Waals surface area contributed by atoms with Crippen molar-refractivity contribution in [2.24, 2.45) is 0 Å². The van der Waals surface area contributed by atoms with Crippen LogP contribution < -0.4 is 0 Å². The molecular weight excluding hydrogens is 316 g/mol. The summed E-state index contributed by atoms with van der Waals surface area (Å²) in [5.74, 6) is 1.03. The lowest BCUT2D eigenvalue weighted by Gasteiger charge is -2.03. The van der Waals surface area contributed by atoms with Gasteiger partial charge in [0.05, 0.1) is 5.69 Å². The van der Waals surface area contributed by atoms with Crippen molar-refractivity contribution in [3.63, 3.8) is 0 Å². The number of aryl methyl sites for hydroxylation is 3. The van der Waals surface area contributed by atoms with Crippen molar-refractivity contribution in [3.8, 4) is 22.4 Å². The number of aromatic amines is 1. The number of imidazole rings is 1. The molecule has 0 aliphatic carbocycles. The highest BCUT2D eigenvalue weighted by Crippen LogP contribution is 2.24. The fraction of sp³-hybridized carbons (Fsp3) is 0.125. The van der Waals surface area contributed by atoms with Gasteiger partial charge in [-0.1, -0.05) is 84.4 Å². The zero-order valence-electron chi connectivity index (χ0n) is 14.9. The van der Waals surface area contributed by atoms with Crippen LogP contribution in [-0.4, -0.2) is 9.97 Å². The summed E-state index contributed by atoms with van der Waals surface area (Å²) in [6.45, 7) is 2.12. The van der Waals surface area contributed by atoms with E-state index in [-0.39, 0.29) is 0 Å². The number of aromatic nitrogens is 2. The van der Waals surface area contributed by atoms with Gasteiger partial charge in [-0.3, -0.25) is 0 Å². The average Bonchev–Trinajstić information content (AvgIpc) is 3.17. The molecule has 2 heteroatoms. The topological polar surface area (TPSA) is 28.7 Å². The van der Waals surface area contributed by atoms with Gasteiger partial charge in [0.25, 0.3) is 0 Å². The number of H-pyrrole nitrogens is 1. The van der Waals surface area contributed by atoms with Crippen molar-refractivity contribution in [3.05, 3.63) is 102 Å². The summed E-state index contributed by atoms with van der Waals surface area (Å²) in [5, 5.41) is 0. The number of nitrogens with zero attached hydrogens (tertiary/aromatic N) is 1. The highest BCUT2D eigenvalue weighted by molar-refractivity contribution is 5.68. The molecule has 0 aliphatic rings.